The number of fused-ring (bicyclic) bond motifs is 20. The fraction of sp³-hybridized carbons (Fsp3) is 0.474. The lowest BCUT2D eigenvalue weighted by Gasteiger charge is -2.08. The number of hydrogen-bond donors (Lipinski definition) is 2. The SMILES string of the molecule is C=CCCCCCCCCCOc1ccc2c(c1)-c1nc-2nc2[nH]c(nc3nc(nc4[nH]c(n1)c1cc(OCCCCCCCCCC=C)ccc41)-c1ccc(OCCCCCCCCCC=C)cc1-3)c1cc(OCCCCCCCCCC=C)ccc21. The molecule has 0 fully saturated rings. The Morgan fingerprint density at radius 3 is 0.818 bits per heavy atom. The summed E-state index contributed by atoms with van der Waals surface area (Å²) in [5.41, 5.74) is 5.82. The fourth-order valence-electron chi connectivity index (χ4n) is 11.9. The van der Waals surface area contributed by atoms with Gasteiger partial charge in [-0.25, -0.2) is 29.9 Å². The summed E-state index contributed by atoms with van der Waals surface area (Å²) in [6, 6.07) is 24.7. The van der Waals surface area contributed by atoms with Crippen molar-refractivity contribution < 1.29 is 18.9 Å². The van der Waals surface area contributed by atoms with Crippen molar-refractivity contribution in [3.63, 3.8) is 0 Å². The molecule has 0 atom stereocenters. The monoisotopic (exact) mass is 1190 g/mol. The van der Waals surface area contributed by atoms with E-state index in [1.54, 1.807) is 0 Å². The lowest BCUT2D eigenvalue weighted by atomic mass is 10.1. The summed E-state index contributed by atoms with van der Waals surface area (Å²) in [7, 11) is 0. The third-order valence-electron chi connectivity index (χ3n) is 17.0. The number of ether oxygens (including phenoxy) is 4. The molecule has 0 saturated heterocycles. The molecule has 88 heavy (non-hydrogen) atoms. The first-order valence-electron chi connectivity index (χ1n) is 33.9. The lowest BCUT2D eigenvalue weighted by Crippen LogP contribution is -1.97. The maximum Gasteiger partial charge on any atom is 0.164 e. The van der Waals surface area contributed by atoms with Crippen LogP contribution >= 0.6 is 0 Å². The molecule has 5 heterocycles. The highest BCUT2D eigenvalue weighted by atomic mass is 16.5. The van der Waals surface area contributed by atoms with Crippen molar-refractivity contribution in [2.75, 3.05) is 26.4 Å². The number of aromatic amines is 2. The normalized spacial score (nSPS) is 11.6. The standard InChI is InChI=1S/C76H98N8O4/c1-5-9-13-17-21-25-29-33-37-49-85-57-41-45-61-65(53-57)73-79-69(61)77-70-63-47-43-59(87-51-39-35-31-27-23-19-15-11-7-3)55-67(63)75(81-70)84-76-68-56-60(88-52-40-36-32-28-24-20-16-12-8-4)44-48-64(68)72(82-76)78-71-62-46-42-58(54-66(62)74(80-71)83-73)86-50-38-34-30-26-22-18-14-10-6-2/h5-8,41-48,53-56H,1-4,9-40,49-52H2,(H2,77,78,79,80,81,82,83,84). The molecule has 7 aromatic rings. The van der Waals surface area contributed by atoms with Crippen molar-refractivity contribution >= 4 is 44.1 Å². The first-order valence-corrected chi connectivity index (χ1v) is 33.9. The van der Waals surface area contributed by atoms with Gasteiger partial charge in [0.25, 0.3) is 0 Å². The van der Waals surface area contributed by atoms with Crippen LogP contribution in [0.5, 0.6) is 23.0 Å². The minimum atomic E-state index is 0.517. The van der Waals surface area contributed by atoms with E-state index in [9.17, 15) is 0 Å². The molecule has 0 saturated carbocycles. The van der Waals surface area contributed by atoms with Gasteiger partial charge in [-0.1, -0.05) is 153 Å². The first-order chi connectivity index (χ1) is 43.5. The summed E-state index contributed by atoms with van der Waals surface area (Å²) in [4.78, 5) is 39.4. The molecule has 0 aliphatic carbocycles. The number of aromatic nitrogens is 8. The fourth-order valence-corrected chi connectivity index (χ4v) is 11.9. The Morgan fingerprint density at radius 1 is 0.261 bits per heavy atom. The van der Waals surface area contributed by atoms with E-state index in [4.69, 9.17) is 48.9 Å². The highest BCUT2D eigenvalue weighted by molar-refractivity contribution is 6.07. The highest BCUT2D eigenvalue weighted by Crippen LogP contribution is 2.40. The lowest BCUT2D eigenvalue weighted by molar-refractivity contribution is 0.304. The second-order valence-corrected chi connectivity index (χ2v) is 24.0. The molecular formula is C76H98N8O4. The van der Waals surface area contributed by atoms with E-state index in [0.717, 1.165) is 144 Å². The summed E-state index contributed by atoms with van der Waals surface area (Å²) in [5, 5.41) is 3.48. The minimum Gasteiger partial charge on any atom is -0.494 e. The second-order valence-electron chi connectivity index (χ2n) is 24.0. The van der Waals surface area contributed by atoms with Gasteiger partial charge in [0.15, 0.2) is 23.3 Å². The number of nitrogens with one attached hydrogen (secondary N) is 2. The molecule has 4 aromatic carbocycles. The summed E-state index contributed by atoms with van der Waals surface area (Å²) < 4.78 is 25.9. The Morgan fingerprint density at radius 2 is 0.511 bits per heavy atom. The van der Waals surface area contributed by atoms with E-state index < -0.39 is 0 Å². The van der Waals surface area contributed by atoms with Crippen molar-refractivity contribution in [2.45, 2.75) is 205 Å². The van der Waals surface area contributed by atoms with E-state index in [0.29, 0.717) is 72.3 Å². The molecule has 0 amide bonds. The number of hydrogen-bond acceptors (Lipinski definition) is 10. The molecule has 0 spiro atoms. The maximum absolute atomic E-state index is 6.48. The van der Waals surface area contributed by atoms with Crippen molar-refractivity contribution in [2.24, 2.45) is 0 Å². The third kappa shape index (κ3) is 19.2. The Hall–Kier alpha value is -7.60. The molecular weight excluding hydrogens is 1090 g/mol. The molecule has 3 aromatic heterocycles. The molecule has 2 aliphatic heterocycles. The van der Waals surface area contributed by atoms with Crippen LogP contribution in [0.3, 0.4) is 0 Å². The van der Waals surface area contributed by atoms with E-state index in [-0.39, 0.29) is 0 Å². The molecule has 12 nitrogen and oxygen atoms in total. The van der Waals surface area contributed by atoms with Crippen molar-refractivity contribution in [1.82, 2.24) is 39.9 Å². The van der Waals surface area contributed by atoms with Crippen molar-refractivity contribution in [3.05, 3.63) is 123 Å². The number of H-pyrrole nitrogens is 2. The number of benzene rings is 4. The number of nitrogens with zero attached hydrogens (tertiary/aromatic N) is 6. The van der Waals surface area contributed by atoms with Gasteiger partial charge < -0.3 is 28.9 Å². The van der Waals surface area contributed by atoms with Gasteiger partial charge in [-0.3, -0.25) is 0 Å². The van der Waals surface area contributed by atoms with Crippen LogP contribution in [0.4, 0.5) is 0 Å². The summed E-state index contributed by atoms with van der Waals surface area (Å²) in [6.07, 6.45) is 45.9. The van der Waals surface area contributed by atoms with Gasteiger partial charge in [-0.15, -0.1) is 26.3 Å². The smallest absolute Gasteiger partial charge is 0.164 e. The largest absolute Gasteiger partial charge is 0.494 e. The summed E-state index contributed by atoms with van der Waals surface area (Å²) in [6.45, 7) is 18.0. The van der Waals surface area contributed by atoms with Gasteiger partial charge in [0.1, 0.15) is 45.6 Å². The average Bonchev–Trinajstić information content (AvgIpc) is 2.62. The molecule has 2 aliphatic rings. The Labute approximate surface area is 524 Å². The Kier molecular flexibility index (Phi) is 26.5. The highest BCUT2D eigenvalue weighted by Gasteiger charge is 2.24. The Balaban J connectivity index is 1.07. The van der Waals surface area contributed by atoms with Crippen LogP contribution < -0.4 is 18.9 Å². The van der Waals surface area contributed by atoms with Crippen LogP contribution in [-0.4, -0.2) is 66.3 Å². The van der Waals surface area contributed by atoms with E-state index >= 15 is 0 Å². The topological polar surface area (TPSA) is 146 Å². The van der Waals surface area contributed by atoms with Crippen LogP contribution in [0.15, 0.2) is 123 Å². The van der Waals surface area contributed by atoms with Crippen LogP contribution in [0.25, 0.3) is 89.7 Å². The summed E-state index contributed by atoms with van der Waals surface area (Å²) >= 11 is 0. The molecule has 466 valence electrons. The number of rotatable bonds is 44. The Bertz CT molecular complexity index is 3300. The predicted octanol–water partition coefficient (Wildman–Crippen LogP) is 21.6. The van der Waals surface area contributed by atoms with Gasteiger partial charge in [0.2, 0.25) is 0 Å². The number of allylic oxidation sites excluding steroid dienone is 4. The zero-order valence-corrected chi connectivity index (χ0v) is 52.8. The number of unbranched alkanes of at least 4 members (excludes halogenated alkanes) is 28. The van der Waals surface area contributed by atoms with Crippen LogP contribution in [0, 0.1) is 0 Å². The average molecular weight is 1190 g/mol. The van der Waals surface area contributed by atoms with E-state index in [2.05, 4.69) is 84.8 Å². The van der Waals surface area contributed by atoms with Crippen molar-refractivity contribution in [1.29, 1.82) is 0 Å². The molecule has 0 unspecified atom stereocenters. The molecule has 8 bridgehead atoms. The van der Waals surface area contributed by atoms with Gasteiger partial charge in [-0.2, -0.15) is 0 Å². The van der Waals surface area contributed by atoms with Crippen LogP contribution in [0.1, 0.15) is 205 Å². The van der Waals surface area contributed by atoms with Crippen LogP contribution in [-0.2, 0) is 0 Å². The van der Waals surface area contributed by atoms with Gasteiger partial charge in [-0.05, 0) is 150 Å². The molecule has 12 heteroatoms. The zero-order chi connectivity index (χ0) is 60.8. The summed E-state index contributed by atoms with van der Waals surface area (Å²) in [5.74, 6) is 5.18. The predicted molar refractivity (Wildman–Crippen MR) is 367 cm³/mol. The van der Waals surface area contributed by atoms with E-state index in [1.165, 1.54) is 128 Å². The maximum atomic E-state index is 6.48. The van der Waals surface area contributed by atoms with Gasteiger partial charge >= 0.3 is 0 Å². The van der Waals surface area contributed by atoms with Crippen LogP contribution in [0.2, 0.25) is 0 Å². The van der Waals surface area contributed by atoms with E-state index in [1.807, 2.05) is 48.6 Å². The molecule has 9 rings (SSSR count). The van der Waals surface area contributed by atoms with Gasteiger partial charge in [0, 0.05) is 43.8 Å². The zero-order valence-electron chi connectivity index (χ0n) is 52.8. The molecule has 0 radical (unpaired) electrons. The van der Waals surface area contributed by atoms with Gasteiger partial charge in [0.05, 0.1) is 26.4 Å². The van der Waals surface area contributed by atoms with Crippen molar-refractivity contribution in [3.8, 4) is 68.5 Å². The first kappa shape index (κ1) is 64.9. The second kappa shape index (κ2) is 36.0. The molecule has 2 N–H and O–H groups in total. The minimum absolute atomic E-state index is 0.517. The quantitative estimate of drug-likeness (QED) is 0.0280. The third-order valence-corrected chi connectivity index (χ3v) is 17.0.